The second-order valence-electron chi connectivity index (χ2n) is 6.23. The molecule has 0 N–H and O–H groups in total. The number of amides is 1. The van der Waals surface area contributed by atoms with Gasteiger partial charge in [-0.15, -0.1) is 0 Å². The number of ether oxygens (including phenoxy) is 2. The lowest BCUT2D eigenvalue weighted by Crippen LogP contribution is -2.43. The molecule has 0 unspecified atom stereocenters. The normalized spacial score (nSPS) is 24.6. The first-order chi connectivity index (χ1) is 11.3. The summed E-state index contributed by atoms with van der Waals surface area (Å²) in [6, 6.07) is 0. The Morgan fingerprint density at radius 1 is 1.17 bits per heavy atom. The topological polar surface area (TPSA) is 67.8 Å². The zero-order valence-electron chi connectivity index (χ0n) is 13.2. The zero-order chi connectivity index (χ0) is 15.6. The van der Waals surface area contributed by atoms with E-state index in [9.17, 15) is 4.79 Å². The van der Waals surface area contributed by atoms with Gasteiger partial charge in [-0.05, 0) is 19.3 Å². The molecule has 124 valence electrons. The molecule has 0 spiro atoms. The molecule has 7 heteroatoms. The Morgan fingerprint density at radius 2 is 2.04 bits per heavy atom. The summed E-state index contributed by atoms with van der Waals surface area (Å²) < 4.78 is 10.9. The summed E-state index contributed by atoms with van der Waals surface area (Å²) in [5, 5.41) is 0. The number of rotatable bonds is 2. The summed E-state index contributed by atoms with van der Waals surface area (Å²) in [5.74, 6) is 1.13. The maximum absolute atomic E-state index is 12.5. The van der Waals surface area contributed by atoms with Crippen molar-refractivity contribution in [1.29, 1.82) is 0 Å². The van der Waals surface area contributed by atoms with E-state index >= 15 is 0 Å². The van der Waals surface area contributed by atoms with Crippen LogP contribution >= 0.6 is 0 Å². The molecule has 0 bridgehead atoms. The van der Waals surface area contributed by atoms with Gasteiger partial charge in [0.25, 0.3) is 5.91 Å². The van der Waals surface area contributed by atoms with E-state index in [0.717, 1.165) is 63.6 Å². The molecular weight excluding hydrogens is 296 g/mol. The number of aromatic nitrogens is 2. The Labute approximate surface area is 135 Å². The second-order valence-corrected chi connectivity index (χ2v) is 6.23. The summed E-state index contributed by atoms with van der Waals surface area (Å²) in [5.41, 5.74) is 2.16. The molecule has 23 heavy (non-hydrogen) atoms. The van der Waals surface area contributed by atoms with Crippen molar-refractivity contribution in [2.75, 3.05) is 44.4 Å². The average Bonchev–Trinajstić information content (AvgIpc) is 3.15. The van der Waals surface area contributed by atoms with Crippen LogP contribution in [-0.4, -0.2) is 66.3 Å². The molecule has 7 nitrogen and oxygen atoms in total. The number of carbonyl (C=O) groups is 1. The maximum Gasteiger partial charge on any atom is 0.252 e. The van der Waals surface area contributed by atoms with Crippen molar-refractivity contribution in [3.8, 4) is 0 Å². The highest BCUT2D eigenvalue weighted by Crippen LogP contribution is 2.27. The minimum atomic E-state index is -0.253. The fourth-order valence-corrected chi connectivity index (χ4v) is 3.55. The summed E-state index contributed by atoms with van der Waals surface area (Å²) in [7, 11) is 0. The van der Waals surface area contributed by atoms with Crippen molar-refractivity contribution in [3.63, 3.8) is 0 Å². The SMILES string of the molecule is O=C([C@H]1CCCO1)N1CCc2c(ncnc2N2CCOCC2)C1. The van der Waals surface area contributed by atoms with Gasteiger partial charge in [0.1, 0.15) is 18.2 Å². The highest BCUT2D eigenvalue weighted by molar-refractivity contribution is 5.81. The van der Waals surface area contributed by atoms with E-state index in [1.807, 2.05) is 4.90 Å². The lowest BCUT2D eigenvalue weighted by atomic mass is 10.0. The highest BCUT2D eigenvalue weighted by atomic mass is 16.5. The van der Waals surface area contributed by atoms with Crippen LogP contribution in [0, 0.1) is 0 Å². The third-order valence-electron chi connectivity index (χ3n) is 4.81. The monoisotopic (exact) mass is 318 g/mol. The van der Waals surface area contributed by atoms with Crippen LogP contribution in [0.25, 0.3) is 0 Å². The Kier molecular flexibility index (Phi) is 4.13. The van der Waals surface area contributed by atoms with Gasteiger partial charge in [0.2, 0.25) is 0 Å². The van der Waals surface area contributed by atoms with Crippen LogP contribution in [0.4, 0.5) is 5.82 Å². The van der Waals surface area contributed by atoms with Gasteiger partial charge in [-0.3, -0.25) is 4.79 Å². The van der Waals surface area contributed by atoms with Crippen molar-refractivity contribution < 1.29 is 14.3 Å². The lowest BCUT2D eigenvalue weighted by molar-refractivity contribution is -0.141. The Balaban J connectivity index is 1.52. The summed E-state index contributed by atoms with van der Waals surface area (Å²) >= 11 is 0. The van der Waals surface area contributed by atoms with Crippen molar-refractivity contribution in [2.45, 2.75) is 31.9 Å². The van der Waals surface area contributed by atoms with Gasteiger partial charge in [-0.1, -0.05) is 0 Å². The minimum Gasteiger partial charge on any atom is -0.378 e. The Bertz CT molecular complexity index is 583. The predicted molar refractivity (Wildman–Crippen MR) is 83.2 cm³/mol. The number of nitrogens with zero attached hydrogens (tertiary/aromatic N) is 4. The molecule has 1 atom stereocenters. The third kappa shape index (κ3) is 2.90. The van der Waals surface area contributed by atoms with Crippen LogP contribution in [0.1, 0.15) is 24.1 Å². The maximum atomic E-state index is 12.5. The molecule has 4 heterocycles. The number of carbonyl (C=O) groups excluding carboxylic acids is 1. The van der Waals surface area contributed by atoms with E-state index in [-0.39, 0.29) is 12.0 Å². The highest BCUT2D eigenvalue weighted by Gasteiger charge is 2.32. The quantitative estimate of drug-likeness (QED) is 0.785. The molecular formula is C16H22N4O3. The van der Waals surface area contributed by atoms with Gasteiger partial charge in [-0.2, -0.15) is 0 Å². The van der Waals surface area contributed by atoms with Gasteiger partial charge in [0.05, 0.1) is 25.5 Å². The van der Waals surface area contributed by atoms with Gasteiger partial charge in [0, 0.05) is 31.8 Å². The number of hydrogen-bond acceptors (Lipinski definition) is 6. The van der Waals surface area contributed by atoms with Crippen molar-refractivity contribution in [3.05, 3.63) is 17.6 Å². The summed E-state index contributed by atoms with van der Waals surface area (Å²) in [4.78, 5) is 25.6. The van der Waals surface area contributed by atoms with E-state index in [1.54, 1.807) is 6.33 Å². The van der Waals surface area contributed by atoms with Crippen LogP contribution in [-0.2, 0) is 27.2 Å². The summed E-state index contributed by atoms with van der Waals surface area (Å²) in [6.07, 6.45) is 3.98. The van der Waals surface area contributed by atoms with Crippen LogP contribution in [0.15, 0.2) is 6.33 Å². The smallest absolute Gasteiger partial charge is 0.252 e. The first-order valence-corrected chi connectivity index (χ1v) is 8.39. The Morgan fingerprint density at radius 3 is 2.83 bits per heavy atom. The molecule has 2 saturated heterocycles. The van der Waals surface area contributed by atoms with Crippen LogP contribution in [0.2, 0.25) is 0 Å². The predicted octanol–water partition coefficient (Wildman–Crippen LogP) is 0.377. The van der Waals surface area contributed by atoms with Gasteiger partial charge in [-0.25, -0.2) is 9.97 Å². The fourth-order valence-electron chi connectivity index (χ4n) is 3.55. The molecule has 1 aromatic rings. The standard InChI is InChI=1S/C16H22N4O3/c21-16(14-2-1-7-23-14)20-4-3-12-13(10-20)17-11-18-15(12)19-5-8-22-9-6-19/h11,14H,1-10H2/t14-/m1/s1. The number of hydrogen-bond donors (Lipinski definition) is 0. The average molecular weight is 318 g/mol. The molecule has 1 aromatic heterocycles. The molecule has 3 aliphatic rings. The molecule has 2 fully saturated rings. The van der Waals surface area contributed by atoms with E-state index in [0.29, 0.717) is 13.2 Å². The van der Waals surface area contributed by atoms with Crippen LogP contribution in [0.5, 0.6) is 0 Å². The number of morpholine rings is 1. The number of fused-ring (bicyclic) bond motifs is 1. The molecule has 4 rings (SSSR count). The molecule has 0 radical (unpaired) electrons. The van der Waals surface area contributed by atoms with Crippen molar-refractivity contribution in [2.24, 2.45) is 0 Å². The molecule has 0 saturated carbocycles. The second kappa shape index (κ2) is 6.41. The van der Waals surface area contributed by atoms with Crippen LogP contribution < -0.4 is 4.90 Å². The first kappa shape index (κ1) is 14.8. The largest absolute Gasteiger partial charge is 0.378 e. The zero-order valence-corrected chi connectivity index (χ0v) is 13.2. The molecule has 1 amide bonds. The van der Waals surface area contributed by atoms with E-state index in [2.05, 4.69) is 14.9 Å². The summed E-state index contributed by atoms with van der Waals surface area (Å²) in [6.45, 7) is 5.18. The molecule has 0 aliphatic carbocycles. The lowest BCUT2D eigenvalue weighted by Gasteiger charge is -2.34. The minimum absolute atomic E-state index is 0.111. The molecule has 0 aromatic carbocycles. The van der Waals surface area contributed by atoms with Gasteiger partial charge in [0.15, 0.2) is 0 Å². The van der Waals surface area contributed by atoms with Gasteiger partial charge >= 0.3 is 0 Å². The van der Waals surface area contributed by atoms with Crippen molar-refractivity contribution >= 4 is 11.7 Å². The first-order valence-electron chi connectivity index (χ1n) is 8.39. The third-order valence-corrected chi connectivity index (χ3v) is 4.81. The molecule has 3 aliphatic heterocycles. The van der Waals surface area contributed by atoms with Crippen molar-refractivity contribution in [1.82, 2.24) is 14.9 Å². The van der Waals surface area contributed by atoms with Gasteiger partial charge < -0.3 is 19.3 Å². The van der Waals surface area contributed by atoms with E-state index in [4.69, 9.17) is 9.47 Å². The van der Waals surface area contributed by atoms with Crippen LogP contribution in [0.3, 0.4) is 0 Å². The van der Waals surface area contributed by atoms with E-state index < -0.39 is 0 Å². The van der Waals surface area contributed by atoms with E-state index in [1.165, 1.54) is 5.56 Å². The Hall–Kier alpha value is -1.73. The fraction of sp³-hybridized carbons (Fsp3) is 0.688. The number of anilines is 1.